The second-order valence-corrected chi connectivity index (χ2v) is 8.92. The molecule has 2 N–H and O–H groups in total. The number of nitrogens with one attached hydrogen (secondary N) is 1. The molecule has 0 fully saturated rings. The fraction of sp³-hybridized carbons (Fsp3) is 0.714. The summed E-state index contributed by atoms with van der Waals surface area (Å²) in [4.78, 5) is 1.57. The minimum atomic E-state index is 0.176. The summed E-state index contributed by atoms with van der Waals surface area (Å²) < 4.78 is 1.40. The Labute approximate surface area is 127 Å². The van der Waals surface area contributed by atoms with Crippen molar-refractivity contribution in [3.05, 3.63) is 19.4 Å². The molecule has 0 aromatic carbocycles. The molecule has 1 aliphatic rings. The van der Waals surface area contributed by atoms with Gasteiger partial charge in [-0.25, -0.2) is 0 Å². The minimum absolute atomic E-state index is 0.176. The minimum Gasteiger partial charge on any atom is -0.396 e. The van der Waals surface area contributed by atoms with Gasteiger partial charge in [-0.1, -0.05) is 13.8 Å². The second kappa shape index (κ2) is 6.20. The van der Waals surface area contributed by atoms with Crippen LogP contribution in [0, 0.1) is 8.30 Å². The molecule has 0 saturated heterocycles. The number of aliphatic hydroxyl groups is 1. The number of hydrogen-bond acceptors (Lipinski definition) is 3. The number of aliphatic hydroxyl groups excluding tert-OH is 1. The molecule has 102 valence electrons. The van der Waals surface area contributed by atoms with Crippen LogP contribution in [0.5, 0.6) is 0 Å². The van der Waals surface area contributed by atoms with E-state index in [4.69, 9.17) is 5.11 Å². The largest absolute Gasteiger partial charge is 0.396 e. The van der Waals surface area contributed by atoms with Gasteiger partial charge < -0.3 is 10.4 Å². The zero-order valence-corrected chi connectivity index (χ0v) is 14.1. The Bertz CT molecular complexity index is 402. The molecule has 1 unspecified atom stereocenters. The van der Waals surface area contributed by atoms with Crippen LogP contribution in [0.15, 0.2) is 6.07 Å². The van der Waals surface area contributed by atoms with Gasteiger partial charge in [-0.05, 0) is 65.3 Å². The smallest absolute Gasteiger partial charge is 0.0659 e. The molecule has 1 aromatic rings. The van der Waals surface area contributed by atoms with Crippen LogP contribution in [0.2, 0.25) is 0 Å². The van der Waals surface area contributed by atoms with Crippen molar-refractivity contribution in [2.45, 2.75) is 45.6 Å². The SMILES string of the molecule is CC(C)(CCO)CNC1CCCc2sc(I)cc21. The van der Waals surface area contributed by atoms with E-state index in [2.05, 4.69) is 47.8 Å². The van der Waals surface area contributed by atoms with Gasteiger partial charge in [0.25, 0.3) is 0 Å². The van der Waals surface area contributed by atoms with Gasteiger partial charge in [0.15, 0.2) is 0 Å². The molecule has 0 saturated carbocycles. The highest BCUT2D eigenvalue weighted by Crippen LogP contribution is 2.36. The molecular weight excluding hydrogens is 357 g/mol. The zero-order chi connectivity index (χ0) is 13.2. The van der Waals surface area contributed by atoms with Crippen molar-refractivity contribution >= 4 is 33.9 Å². The molecule has 4 heteroatoms. The van der Waals surface area contributed by atoms with E-state index >= 15 is 0 Å². The zero-order valence-electron chi connectivity index (χ0n) is 11.1. The van der Waals surface area contributed by atoms with Crippen LogP contribution in [0.25, 0.3) is 0 Å². The van der Waals surface area contributed by atoms with Crippen LogP contribution in [-0.2, 0) is 6.42 Å². The molecular formula is C14H22INOS. The van der Waals surface area contributed by atoms with Crippen molar-refractivity contribution < 1.29 is 5.11 Å². The van der Waals surface area contributed by atoms with Crippen LogP contribution in [0.4, 0.5) is 0 Å². The average Bonchev–Trinajstić information content (AvgIpc) is 2.67. The van der Waals surface area contributed by atoms with Gasteiger partial charge in [0.2, 0.25) is 0 Å². The highest BCUT2D eigenvalue weighted by atomic mass is 127. The monoisotopic (exact) mass is 379 g/mol. The molecule has 2 rings (SSSR count). The van der Waals surface area contributed by atoms with E-state index in [1.807, 2.05) is 11.3 Å². The number of fused-ring (bicyclic) bond motifs is 1. The third kappa shape index (κ3) is 3.68. The summed E-state index contributed by atoms with van der Waals surface area (Å²) in [6.45, 7) is 5.69. The number of hydrogen-bond donors (Lipinski definition) is 2. The molecule has 1 aliphatic carbocycles. The number of halogens is 1. The Morgan fingerprint density at radius 3 is 3.06 bits per heavy atom. The van der Waals surface area contributed by atoms with E-state index in [0.29, 0.717) is 6.04 Å². The Kier molecular flexibility index (Phi) is 5.08. The summed E-state index contributed by atoms with van der Waals surface area (Å²) in [5.74, 6) is 0. The van der Waals surface area contributed by atoms with Crippen LogP contribution in [0.3, 0.4) is 0 Å². The molecule has 2 nitrogen and oxygen atoms in total. The summed E-state index contributed by atoms with van der Waals surface area (Å²) in [6.07, 6.45) is 4.65. The molecule has 1 atom stereocenters. The van der Waals surface area contributed by atoms with Crippen molar-refractivity contribution in [1.29, 1.82) is 0 Å². The molecule has 0 spiro atoms. The highest BCUT2D eigenvalue weighted by Gasteiger charge is 2.25. The third-order valence-electron chi connectivity index (χ3n) is 3.70. The number of thiophene rings is 1. The fourth-order valence-electron chi connectivity index (χ4n) is 2.52. The molecule has 1 aromatic heterocycles. The summed E-state index contributed by atoms with van der Waals surface area (Å²) in [7, 11) is 0. The van der Waals surface area contributed by atoms with Gasteiger partial charge in [0, 0.05) is 24.1 Å². The first-order valence-electron chi connectivity index (χ1n) is 6.64. The summed E-state index contributed by atoms with van der Waals surface area (Å²) in [5, 5.41) is 12.8. The number of aryl methyl sites for hydroxylation is 1. The van der Waals surface area contributed by atoms with Crippen molar-refractivity contribution in [2.24, 2.45) is 5.41 Å². The van der Waals surface area contributed by atoms with Crippen LogP contribution in [0.1, 0.15) is 49.6 Å². The van der Waals surface area contributed by atoms with Gasteiger partial charge in [-0.15, -0.1) is 11.3 Å². The second-order valence-electron chi connectivity index (χ2n) is 5.89. The Hall–Kier alpha value is 0.350. The van der Waals surface area contributed by atoms with Crippen LogP contribution in [-0.4, -0.2) is 18.3 Å². The predicted octanol–water partition coefficient (Wildman–Crippen LogP) is 3.73. The lowest BCUT2D eigenvalue weighted by molar-refractivity contribution is 0.201. The Morgan fingerprint density at radius 1 is 1.56 bits per heavy atom. The Balaban J connectivity index is 1.99. The summed E-state index contributed by atoms with van der Waals surface area (Å²) in [5.41, 5.74) is 1.70. The number of rotatable bonds is 5. The van der Waals surface area contributed by atoms with Crippen molar-refractivity contribution in [3.8, 4) is 0 Å². The first kappa shape index (κ1) is 14.8. The van der Waals surface area contributed by atoms with Gasteiger partial charge >= 0.3 is 0 Å². The van der Waals surface area contributed by atoms with Crippen molar-refractivity contribution in [3.63, 3.8) is 0 Å². The standard InChI is InChI=1S/C14H22INOS/c1-14(2,6-7-17)9-16-11-4-3-5-12-10(11)8-13(15)18-12/h8,11,16-17H,3-7,9H2,1-2H3. The van der Waals surface area contributed by atoms with Crippen molar-refractivity contribution in [1.82, 2.24) is 5.32 Å². The maximum atomic E-state index is 9.07. The van der Waals surface area contributed by atoms with E-state index in [9.17, 15) is 0 Å². The average molecular weight is 379 g/mol. The van der Waals surface area contributed by atoms with E-state index < -0.39 is 0 Å². The van der Waals surface area contributed by atoms with Gasteiger partial charge in [0.1, 0.15) is 0 Å². The summed E-state index contributed by atoms with van der Waals surface area (Å²) >= 11 is 4.37. The van der Waals surface area contributed by atoms with E-state index in [-0.39, 0.29) is 12.0 Å². The molecule has 18 heavy (non-hydrogen) atoms. The van der Waals surface area contributed by atoms with Crippen LogP contribution < -0.4 is 5.32 Å². The van der Waals surface area contributed by atoms with E-state index in [1.165, 1.54) is 27.7 Å². The van der Waals surface area contributed by atoms with Crippen LogP contribution >= 0.6 is 33.9 Å². The predicted molar refractivity (Wildman–Crippen MR) is 86.2 cm³/mol. The lowest BCUT2D eigenvalue weighted by atomic mass is 9.88. The fourth-order valence-corrected chi connectivity index (χ4v) is 4.64. The molecule has 0 bridgehead atoms. The van der Waals surface area contributed by atoms with Gasteiger partial charge in [-0.2, -0.15) is 0 Å². The lowest BCUT2D eigenvalue weighted by Crippen LogP contribution is -2.34. The van der Waals surface area contributed by atoms with Crippen molar-refractivity contribution in [2.75, 3.05) is 13.2 Å². The molecule has 0 amide bonds. The first-order valence-corrected chi connectivity index (χ1v) is 8.54. The topological polar surface area (TPSA) is 32.3 Å². The maximum absolute atomic E-state index is 9.07. The first-order chi connectivity index (χ1) is 8.52. The normalized spacial score (nSPS) is 19.9. The lowest BCUT2D eigenvalue weighted by Gasteiger charge is -2.30. The van der Waals surface area contributed by atoms with Gasteiger partial charge in [-0.3, -0.25) is 0 Å². The molecule has 0 aliphatic heterocycles. The molecule has 1 heterocycles. The third-order valence-corrected chi connectivity index (χ3v) is 5.67. The van der Waals surface area contributed by atoms with Gasteiger partial charge in [0.05, 0.1) is 2.88 Å². The van der Waals surface area contributed by atoms with E-state index in [1.54, 1.807) is 4.88 Å². The quantitative estimate of drug-likeness (QED) is 0.765. The maximum Gasteiger partial charge on any atom is 0.0659 e. The Morgan fingerprint density at radius 2 is 2.33 bits per heavy atom. The molecule has 0 radical (unpaired) electrons. The van der Waals surface area contributed by atoms with E-state index in [0.717, 1.165) is 13.0 Å². The highest BCUT2D eigenvalue weighted by molar-refractivity contribution is 14.1. The summed E-state index contributed by atoms with van der Waals surface area (Å²) in [6, 6.07) is 2.86.